The van der Waals surface area contributed by atoms with Crippen molar-refractivity contribution in [2.45, 2.75) is 38.6 Å². The third-order valence-electron chi connectivity index (χ3n) is 5.22. The Morgan fingerprint density at radius 3 is 2.78 bits per heavy atom. The maximum atomic E-state index is 6.54. The van der Waals surface area contributed by atoms with E-state index in [0.29, 0.717) is 18.3 Å². The van der Waals surface area contributed by atoms with Crippen molar-refractivity contribution in [3.63, 3.8) is 0 Å². The Morgan fingerprint density at radius 1 is 1.22 bits per heavy atom. The molecule has 2 aliphatic heterocycles. The van der Waals surface area contributed by atoms with Crippen molar-refractivity contribution in [2.24, 2.45) is 0 Å². The van der Waals surface area contributed by atoms with Crippen molar-refractivity contribution < 1.29 is 14.2 Å². The first-order valence-corrected chi connectivity index (χ1v) is 9.61. The van der Waals surface area contributed by atoms with Gasteiger partial charge in [0.2, 0.25) is 0 Å². The molecule has 1 N–H and O–H groups in total. The molecular formula is C21H24N2O3S. The minimum atomic E-state index is -0.561. The lowest BCUT2D eigenvalue weighted by Crippen LogP contribution is -2.64. The smallest absolute Gasteiger partial charge is 0.184 e. The molecule has 2 unspecified atom stereocenters. The average Bonchev–Trinajstić information content (AvgIpc) is 2.66. The van der Waals surface area contributed by atoms with E-state index in [1.807, 2.05) is 37.3 Å². The van der Waals surface area contributed by atoms with Crippen LogP contribution in [0, 0.1) is 0 Å². The zero-order valence-electron chi connectivity index (χ0n) is 15.8. The van der Waals surface area contributed by atoms with Gasteiger partial charge >= 0.3 is 0 Å². The highest BCUT2D eigenvalue weighted by atomic mass is 32.1. The lowest BCUT2D eigenvalue weighted by atomic mass is 9.90. The second-order valence-electron chi connectivity index (χ2n) is 6.99. The van der Waals surface area contributed by atoms with Crippen molar-refractivity contribution in [1.82, 2.24) is 10.2 Å². The molecule has 5 nitrogen and oxygen atoms in total. The number of benzene rings is 2. The van der Waals surface area contributed by atoms with Crippen molar-refractivity contribution in [2.75, 3.05) is 13.7 Å². The first kappa shape index (κ1) is 17.9. The van der Waals surface area contributed by atoms with Crippen LogP contribution in [0.5, 0.6) is 17.2 Å². The molecule has 0 amide bonds. The van der Waals surface area contributed by atoms with Gasteiger partial charge in [-0.25, -0.2) is 0 Å². The highest BCUT2D eigenvalue weighted by Crippen LogP contribution is 2.48. The minimum absolute atomic E-state index is 0.112. The van der Waals surface area contributed by atoms with Gasteiger partial charge in [0.1, 0.15) is 5.75 Å². The highest BCUT2D eigenvalue weighted by molar-refractivity contribution is 7.80. The van der Waals surface area contributed by atoms with E-state index in [-0.39, 0.29) is 6.04 Å². The van der Waals surface area contributed by atoms with Gasteiger partial charge in [-0.15, -0.1) is 0 Å². The van der Waals surface area contributed by atoms with Crippen LogP contribution < -0.4 is 19.5 Å². The molecule has 0 radical (unpaired) electrons. The average molecular weight is 385 g/mol. The van der Waals surface area contributed by atoms with Gasteiger partial charge < -0.3 is 24.4 Å². The predicted octanol–water partition coefficient (Wildman–Crippen LogP) is 4.02. The molecule has 2 aromatic carbocycles. The zero-order valence-corrected chi connectivity index (χ0v) is 16.6. The van der Waals surface area contributed by atoms with Crippen molar-refractivity contribution in [1.29, 1.82) is 0 Å². The van der Waals surface area contributed by atoms with E-state index in [9.17, 15) is 0 Å². The number of fused-ring (bicyclic) bond motifs is 4. The van der Waals surface area contributed by atoms with Crippen LogP contribution in [0.2, 0.25) is 0 Å². The SMILES string of the molecule is CCOc1cccc2c1OC1(C)CC2NC(=S)N1Cc1ccccc1OC. The van der Waals surface area contributed by atoms with E-state index in [1.54, 1.807) is 7.11 Å². The van der Waals surface area contributed by atoms with Gasteiger partial charge in [-0.2, -0.15) is 0 Å². The molecule has 2 heterocycles. The van der Waals surface area contributed by atoms with Crippen LogP contribution in [-0.2, 0) is 6.54 Å². The molecule has 0 aromatic heterocycles. The summed E-state index contributed by atoms with van der Waals surface area (Å²) in [4.78, 5) is 2.10. The Kier molecular flexibility index (Phi) is 4.60. The van der Waals surface area contributed by atoms with Gasteiger partial charge in [0, 0.05) is 17.5 Å². The standard InChI is InChI=1S/C21H24N2O3S/c1-4-25-18-11-7-9-15-16-12-21(2,26-19(15)18)23(20(27)22-16)13-14-8-5-6-10-17(14)24-3/h5-11,16H,4,12-13H2,1-3H3,(H,22,27). The van der Waals surface area contributed by atoms with Crippen molar-refractivity contribution in [3.8, 4) is 17.2 Å². The largest absolute Gasteiger partial charge is 0.496 e. The number of hydrogen-bond acceptors (Lipinski definition) is 4. The second-order valence-corrected chi connectivity index (χ2v) is 7.38. The molecular weight excluding hydrogens is 360 g/mol. The Bertz CT molecular complexity index is 872. The van der Waals surface area contributed by atoms with Crippen molar-refractivity contribution in [3.05, 3.63) is 53.6 Å². The number of methoxy groups -OCH3 is 1. The molecule has 0 saturated carbocycles. The number of hydrogen-bond donors (Lipinski definition) is 1. The normalized spacial score (nSPS) is 23.1. The number of rotatable bonds is 5. The first-order chi connectivity index (χ1) is 13.1. The Balaban J connectivity index is 1.71. The van der Waals surface area contributed by atoms with Gasteiger partial charge in [0.25, 0.3) is 0 Å². The molecule has 2 aliphatic rings. The zero-order chi connectivity index (χ0) is 19.0. The number of nitrogens with one attached hydrogen (secondary N) is 1. The van der Waals surface area contributed by atoms with E-state index in [1.165, 1.54) is 0 Å². The molecule has 0 aliphatic carbocycles. The molecule has 1 fully saturated rings. The van der Waals surface area contributed by atoms with Crippen LogP contribution in [-0.4, -0.2) is 29.5 Å². The van der Waals surface area contributed by atoms with E-state index < -0.39 is 5.72 Å². The summed E-state index contributed by atoms with van der Waals surface area (Å²) in [6.07, 6.45) is 0.796. The summed E-state index contributed by atoms with van der Waals surface area (Å²) in [6, 6.07) is 14.1. The van der Waals surface area contributed by atoms with Crippen LogP contribution >= 0.6 is 12.2 Å². The molecule has 27 heavy (non-hydrogen) atoms. The lowest BCUT2D eigenvalue weighted by molar-refractivity contribution is -0.0740. The summed E-state index contributed by atoms with van der Waals surface area (Å²) in [5.74, 6) is 2.42. The number of nitrogens with zero attached hydrogens (tertiary/aromatic N) is 1. The quantitative estimate of drug-likeness (QED) is 0.786. The van der Waals surface area contributed by atoms with Gasteiger partial charge in [-0.1, -0.05) is 30.3 Å². The molecule has 2 aromatic rings. The summed E-state index contributed by atoms with van der Waals surface area (Å²) in [5.41, 5.74) is 1.60. The number of thiocarbonyl (C=S) groups is 1. The fraction of sp³-hybridized carbons (Fsp3) is 0.381. The van der Waals surface area contributed by atoms with Crippen LogP contribution in [0.15, 0.2) is 42.5 Å². The third kappa shape index (κ3) is 3.08. The molecule has 0 spiro atoms. The highest BCUT2D eigenvalue weighted by Gasteiger charge is 2.48. The summed E-state index contributed by atoms with van der Waals surface area (Å²) in [7, 11) is 1.69. The molecule has 142 valence electrons. The predicted molar refractivity (Wildman–Crippen MR) is 108 cm³/mol. The minimum Gasteiger partial charge on any atom is -0.496 e. The van der Waals surface area contributed by atoms with Crippen LogP contribution in [0.1, 0.15) is 37.4 Å². The van der Waals surface area contributed by atoms with Crippen molar-refractivity contribution >= 4 is 17.3 Å². The van der Waals surface area contributed by atoms with Gasteiger partial charge in [0.05, 0.1) is 26.3 Å². The summed E-state index contributed by atoms with van der Waals surface area (Å²) in [6.45, 7) is 5.27. The Hall–Kier alpha value is -2.47. The molecule has 2 bridgehead atoms. The van der Waals surface area contributed by atoms with Crippen LogP contribution in [0.4, 0.5) is 0 Å². The van der Waals surface area contributed by atoms with E-state index in [2.05, 4.69) is 29.3 Å². The Morgan fingerprint density at radius 2 is 2.00 bits per heavy atom. The fourth-order valence-corrected chi connectivity index (χ4v) is 4.31. The van der Waals surface area contributed by atoms with Gasteiger partial charge in [-0.05, 0) is 38.2 Å². The molecule has 6 heteroatoms. The molecule has 1 saturated heterocycles. The maximum Gasteiger partial charge on any atom is 0.184 e. The summed E-state index contributed by atoms with van der Waals surface area (Å²) >= 11 is 5.71. The topological polar surface area (TPSA) is 43.0 Å². The second kappa shape index (κ2) is 6.93. The Labute approximate surface area is 165 Å². The van der Waals surface area contributed by atoms with E-state index in [4.69, 9.17) is 26.4 Å². The van der Waals surface area contributed by atoms with E-state index >= 15 is 0 Å². The number of ether oxygens (including phenoxy) is 3. The van der Waals surface area contributed by atoms with E-state index in [0.717, 1.165) is 34.8 Å². The molecule has 2 atom stereocenters. The monoisotopic (exact) mass is 384 g/mol. The third-order valence-corrected chi connectivity index (χ3v) is 5.56. The maximum absolute atomic E-state index is 6.54. The van der Waals surface area contributed by atoms with Gasteiger partial charge in [0.15, 0.2) is 22.3 Å². The number of para-hydroxylation sites is 2. The summed E-state index contributed by atoms with van der Waals surface area (Å²) in [5, 5.41) is 4.17. The molecule has 4 rings (SSSR count). The van der Waals surface area contributed by atoms with Crippen LogP contribution in [0.25, 0.3) is 0 Å². The van der Waals surface area contributed by atoms with Crippen LogP contribution in [0.3, 0.4) is 0 Å². The first-order valence-electron chi connectivity index (χ1n) is 9.20. The van der Waals surface area contributed by atoms with Gasteiger partial charge in [-0.3, -0.25) is 0 Å². The lowest BCUT2D eigenvalue weighted by Gasteiger charge is -2.52. The summed E-state index contributed by atoms with van der Waals surface area (Å²) < 4.78 is 17.9. The fourth-order valence-electron chi connectivity index (χ4n) is 3.91.